The Morgan fingerprint density at radius 2 is 1.79 bits per heavy atom. The molecular formula is C13H17NO5. The number of hydrogen-bond donors (Lipinski definition) is 2. The Labute approximate surface area is 110 Å². The summed E-state index contributed by atoms with van der Waals surface area (Å²) in [5, 5.41) is 18.7. The molecule has 0 aromatic rings. The molecule has 0 aromatic heterocycles. The van der Waals surface area contributed by atoms with Crippen molar-refractivity contribution in [3.63, 3.8) is 0 Å². The number of hydrogen-bond acceptors (Lipinski definition) is 3. The van der Waals surface area contributed by atoms with Gasteiger partial charge in [-0.3, -0.25) is 14.4 Å². The van der Waals surface area contributed by atoms with Crippen LogP contribution >= 0.6 is 0 Å². The molecule has 2 unspecified atom stereocenters. The van der Waals surface area contributed by atoms with Crippen molar-refractivity contribution in [3.05, 3.63) is 12.2 Å². The van der Waals surface area contributed by atoms with Crippen LogP contribution in [0, 0.1) is 10.8 Å². The summed E-state index contributed by atoms with van der Waals surface area (Å²) < 4.78 is 0. The maximum Gasteiger partial charge on any atom is 0.319 e. The molecule has 6 heteroatoms. The number of carboxylic acid groups (broad SMARTS) is 2. The minimum absolute atomic E-state index is 0.0561. The molecule has 19 heavy (non-hydrogen) atoms. The monoisotopic (exact) mass is 267 g/mol. The highest BCUT2D eigenvalue weighted by Crippen LogP contribution is 2.44. The molecule has 0 saturated carbocycles. The molecular weight excluding hydrogens is 250 g/mol. The predicted molar refractivity (Wildman–Crippen MR) is 65.4 cm³/mol. The number of carbonyl (C=O) groups is 3. The molecule has 6 nitrogen and oxygen atoms in total. The Morgan fingerprint density at radius 3 is 2.21 bits per heavy atom. The van der Waals surface area contributed by atoms with Crippen LogP contribution in [0.1, 0.15) is 26.2 Å². The summed E-state index contributed by atoms with van der Waals surface area (Å²) in [6.45, 7) is 2.56. The molecule has 2 aliphatic rings. The highest BCUT2D eigenvalue weighted by molar-refractivity contribution is 6.03. The Morgan fingerprint density at radius 1 is 1.16 bits per heavy atom. The average molecular weight is 267 g/mol. The van der Waals surface area contributed by atoms with Gasteiger partial charge in [0.2, 0.25) is 5.91 Å². The number of carbonyl (C=O) groups excluding carboxylic acids is 1. The van der Waals surface area contributed by atoms with E-state index in [1.807, 2.05) is 0 Å². The van der Waals surface area contributed by atoms with Crippen molar-refractivity contribution in [2.24, 2.45) is 10.8 Å². The van der Waals surface area contributed by atoms with Crippen LogP contribution in [-0.4, -0.2) is 46.0 Å². The van der Waals surface area contributed by atoms with Gasteiger partial charge in [-0.2, -0.15) is 0 Å². The van der Waals surface area contributed by atoms with Gasteiger partial charge in [-0.15, -0.1) is 0 Å². The van der Waals surface area contributed by atoms with Crippen LogP contribution in [-0.2, 0) is 14.4 Å². The van der Waals surface area contributed by atoms with Gasteiger partial charge in [0.1, 0.15) is 0 Å². The first kappa shape index (κ1) is 13.6. The smallest absolute Gasteiger partial charge is 0.319 e. The molecule has 2 N–H and O–H groups in total. The van der Waals surface area contributed by atoms with E-state index >= 15 is 0 Å². The van der Waals surface area contributed by atoms with Gasteiger partial charge < -0.3 is 15.1 Å². The molecule has 1 saturated heterocycles. The third-order valence-electron chi connectivity index (χ3n) is 4.07. The molecule has 2 atom stereocenters. The van der Waals surface area contributed by atoms with Crippen molar-refractivity contribution < 1.29 is 24.6 Å². The summed E-state index contributed by atoms with van der Waals surface area (Å²) in [6, 6.07) is 0. The van der Waals surface area contributed by atoms with E-state index in [1.54, 1.807) is 0 Å². The van der Waals surface area contributed by atoms with E-state index in [-0.39, 0.29) is 12.8 Å². The summed E-state index contributed by atoms with van der Waals surface area (Å²) in [6.07, 6.45) is 3.72. The zero-order chi connectivity index (χ0) is 14.3. The largest absolute Gasteiger partial charge is 0.481 e. The summed E-state index contributed by atoms with van der Waals surface area (Å²) in [7, 11) is 0. The molecule has 0 bridgehead atoms. The van der Waals surface area contributed by atoms with Crippen molar-refractivity contribution in [1.82, 2.24) is 4.90 Å². The van der Waals surface area contributed by atoms with Crippen LogP contribution in [0.3, 0.4) is 0 Å². The number of aliphatic carboxylic acids is 2. The van der Waals surface area contributed by atoms with Crippen LogP contribution in [0.4, 0.5) is 0 Å². The van der Waals surface area contributed by atoms with E-state index in [1.165, 1.54) is 24.0 Å². The van der Waals surface area contributed by atoms with Crippen molar-refractivity contribution in [2.45, 2.75) is 26.2 Å². The second kappa shape index (κ2) is 4.36. The molecule has 1 aliphatic heterocycles. The van der Waals surface area contributed by atoms with Crippen LogP contribution < -0.4 is 0 Å². The summed E-state index contributed by atoms with van der Waals surface area (Å²) >= 11 is 0. The molecule has 0 spiro atoms. The average Bonchev–Trinajstić information content (AvgIpc) is 2.26. The van der Waals surface area contributed by atoms with Gasteiger partial charge in [0.15, 0.2) is 5.41 Å². The third-order valence-corrected chi connectivity index (χ3v) is 4.07. The first-order chi connectivity index (χ1) is 8.82. The number of nitrogens with zero attached hydrogens (tertiary/aromatic N) is 1. The first-order valence-electron chi connectivity index (χ1n) is 6.26. The topological polar surface area (TPSA) is 94.9 Å². The normalized spacial score (nSPS) is 33.6. The fraction of sp³-hybridized carbons (Fsp3) is 0.615. The van der Waals surface area contributed by atoms with Crippen molar-refractivity contribution in [3.8, 4) is 0 Å². The molecule has 1 amide bonds. The van der Waals surface area contributed by atoms with Crippen molar-refractivity contribution in [2.75, 3.05) is 13.1 Å². The molecule has 104 valence electrons. The van der Waals surface area contributed by atoms with Crippen LogP contribution in [0.2, 0.25) is 0 Å². The van der Waals surface area contributed by atoms with Gasteiger partial charge in [0.05, 0.1) is 5.41 Å². The SMILES string of the molecule is CC1(C(=O)O)C=CCC(C(=O)O)(C(=O)N2CCC2)C1. The minimum Gasteiger partial charge on any atom is -0.481 e. The number of allylic oxidation sites excluding steroid dienone is 1. The minimum atomic E-state index is -1.64. The maximum absolute atomic E-state index is 12.4. The Balaban J connectivity index is 2.36. The lowest BCUT2D eigenvalue weighted by atomic mass is 9.65. The van der Waals surface area contributed by atoms with Crippen molar-refractivity contribution in [1.29, 1.82) is 0 Å². The molecule has 0 aromatic carbocycles. The van der Waals surface area contributed by atoms with E-state index in [9.17, 15) is 24.6 Å². The van der Waals surface area contributed by atoms with Crippen LogP contribution in [0.5, 0.6) is 0 Å². The van der Waals surface area contributed by atoms with Gasteiger partial charge in [-0.05, 0) is 26.2 Å². The summed E-state index contributed by atoms with van der Waals surface area (Å²) in [4.78, 5) is 36.8. The zero-order valence-corrected chi connectivity index (χ0v) is 10.8. The molecule has 2 rings (SSSR count). The second-order valence-corrected chi connectivity index (χ2v) is 5.54. The fourth-order valence-electron chi connectivity index (χ4n) is 2.66. The van der Waals surface area contributed by atoms with Crippen LogP contribution in [0.25, 0.3) is 0 Å². The predicted octanol–water partition coefficient (Wildman–Crippen LogP) is 0.731. The molecule has 1 aliphatic carbocycles. The number of likely N-dealkylation sites (tertiary alicyclic amines) is 1. The number of rotatable bonds is 3. The van der Waals surface area contributed by atoms with E-state index in [0.29, 0.717) is 13.1 Å². The number of amides is 1. The standard InChI is InChI=1S/C13H17NO5/c1-12(10(16)17)4-2-5-13(8-12,11(18)19)9(15)14-6-3-7-14/h2,4H,3,5-8H2,1H3,(H,16,17)(H,18,19). The highest BCUT2D eigenvalue weighted by Gasteiger charge is 2.55. The lowest BCUT2D eigenvalue weighted by Crippen LogP contribution is -2.56. The van der Waals surface area contributed by atoms with Gasteiger partial charge in [0, 0.05) is 13.1 Å². The number of carboxylic acids is 2. The quantitative estimate of drug-likeness (QED) is 0.580. The lowest BCUT2D eigenvalue weighted by Gasteiger charge is -2.42. The van der Waals surface area contributed by atoms with Crippen LogP contribution in [0.15, 0.2) is 12.2 Å². The molecule has 1 fully saturated rings. The summed E-state index contributed by atoms with van der Waals surface area (Å²) in [5.74, 6) is -2.80. The molecule has 0 radical (unpaired) electrons. The van der Waals surface area contributed by atoms with E-state index in [2.05, 4.69) is 0 Å². The Bertz CT molecular complexity index is 468. The van der Waals surface area contributed by atoms with E-state index < -0.39 is 28.7 Å². The molecule has 1 heterocycles. The fourth-order valence-corrected chi connectivity index (χ4v) is 2.66. The maximum atomic E-state index is 12.4. The lowest BCUT2D eigenvalue weighted by molar-refractivity contribution is -0.167. The zero-order valence-electron chi connectivity index (χ0n) is 10.8. The Hall–Kier alpha value is -1.85. The Kier molecular flexibility index (Phi) is 3.12. The second-order valence-electron chi connectivity index (χ2n) is 5.54. The van der Waals surface area contributed by atoms with Gasteiger partial charge in [-0.25, -0.2) is 0 Å². The van der Waals surface area contributed by atoms with E-state index in [0.717, 1.165) is 6.42 Å². The third kappa shape index (κ3) is 2.01. The first-order valence-corrected chi connectivity index (χ1v) is 6.26. The van der Waals surface area contributed by atoms with Gasteiger partial charge in [0.25, 0.3) is 0 Å². The summed E-state index contributed by atoms with van der Waals surface area (Å²) in [5.41, 5.74) is -2.94. The highest BCUT2D eigenvalue weighted by atomic mass is 16.4. The van der Waals surface area contributed by atoms with Gasteiger partial charge >= 0.3 is 11.9 Å². The van der Waals surface area contributed by atoms with Crippen molar-refractivity contribution >= 4 is 17.8 Å². The van der Waals surface area contributed by atoms with E-state index in [4.69, 9.17) is 0 Å². The van der Waals surface area contributed by atoms with Gasteiger partial charge in [-0.1, -0.05) is 12.2 Å².